The molecule has 2 N–H and O–H groups in total. The van der Waals surface area contributed by atoms with Crippen LogP contribution in [0, 0.1) is 0 Å². The third kappa shape index (κ3) is 2.84. The van der Waals surface area contributed by atoms with E-state index in [1.807, 2.05) is 30.9 Å². The number of benzene rings is 1. The zero-order chi connectivity index (χ0) is 11.4. The average molecular weight is 257 g/mol. The number of hydrogen-bond acceptors (Lipinski definition) is 3. The van der Waals surface area contributed by atoms with E-state index in [1.165, 1.54) is 17.7 Å². The molecule has 0 spiro atoms. The van der Waals surface area contributed by atoms with Gasteiger partial charge < -0.3 is 10.6 Å². The van der Waals surface area contributed by atoms with Crippen LogP contribution in [0.1, 0.15) is 12.8 Å². The summed E-state index contributed by atoms with van der Waals surface area (Å²) in [4.78, 5) is 1.28. The summed E-state index contributed by atoms with van der Waals surface area (Å²) in [5.41, 5.74) is 1.12. The van der Waals surface area contributed by atoms with Crippen molar-refractivity contribution in [3.8, 4) is 0 Å². The van der Waals surface area contributed by atoms with Gasteiger partial charge >= 0.3 is 0 Å². The van der Waals surface area contributed by atoms with Gasteiger partial charge in [0, 0.05) is 16.7 Å². The number of halogens is 1. The van der Waals surface area contributed by atoms with Crippen LogP contribution in [0.25, 0.3) is 0 Å². The van der Waals surface area contributed by atoms with Crippen LogP contribution >= 0.6 is 23.4 Å². The van der Waals surface area contributed by atoms with Crippen molar-refractivity contribution < 1.29 is 0 Å². The van der Waals surface area contributed by atoms with Gasteiger partial charge in [-0.15, -0.1) is 11.8 Å². The maximum atomic E-state index is 6.18. The van der Waals surface area contributed by atoms with E-state index in [1.54, 1.807) is 0 Å². The third-order valence-corrected chi connectivity index (χ3v) is 4.28. The van der Waals surface area contributed by atoms with Gasteiger partial charge in [0.05, 0.1) is 10.7 Å². The second kappa shape index (κ2) is 5.80. The number of anilines is 1. The lowest BCUT2D eigenvalue weighted by atomic mass is 10.1. The van der Waals surface area contributed by atoms with Crippen molar-refractivity contribution in [1.82, 2.24) is 5.32 Å². The Balaban J connectivity index is 1.97. The summed E-state index contributed by atoms with van der Waals surface area (Å²) >= 11 is 8.08. The molecular weight excluding hydrogens is 240 g/mol. The minimum atomic E-state index is 0.547. The molecular formula is C12H17ClN2S. The van der Waals surface area contributed by atoms with Gasteiger partial charge in [-0.3, -0.25) is 0 Å². The summed E-state index contributed by atoms with van der Waals surface area (Å²) in [6.07, 6.45) is 2.40. The first-order chi connectivity index (χ1) is 7.81. The van der Waals surface area contributed by atoms with Crippen LogP contribution in [0.15, 0.2) is 23.1 Å². The van der Waals surface area contributed by atoms with E-state index in [2.05, 4.69) is 16.7 Å². The Kier molecular flexibility index (Phi) is 4.38. The van der Waals surface area contributed by atoms with Crippen LogP contribution in [0.3, 0.4) is 0 Å². The van der Waals surface area contributed by atoms with Gasteiger partial charge in [0.25, 0.3) is 0 Å². The molecule has 1 aliphatic rings. The van der Waals surface area contributed by atoms with E-state index >= 15 is 0 Å². The molecule has 1 unspecified atom stereocenters. The summed E-state index contributed by atoms with van der Waals surface area (Å²) in [5, 5.41) is 7.56. The Labute approximate surface area is 106 Å². The number of hydrogen-bond donors (Lipinski definition) is 2. The van der Waals surface area contributed by atoms with Crippen molar-refractivity contribution in [1.29, 1.82) is 0 Å². The summed E-state index contributed by atoms with van der Waals surface area (Å²) in [6, 6.07) is 6.63. The Morgan fingerprint density at radius 1 is 1.56 bits per heavy atom. The highest BCUT2D eigenvalue weighted by Gasteiger charge is 2.19. The minimum absolute atomic E-state index is 0.547. The van der Waals surface area contributed by atoms with Crippen molar-refractivity contribution in [3.63, 3.8) is 0 Å². The van der Waals surface area contributed by atoms with Gasteiger partial charge in [-0.05, 0) is 38.6 Å². The van der Waals surface area contributed by atoms with Crippen LogP contribution in [0.5, 0.6) is 0 Å². The van der Waals surface area contributed by atoms with Gasteiger partial charge in [0.1, 0.15) is 0 Å². The topological polar surface area (TPSA) is 24.1 Å². The van der Waals surface area contributed by atoms with E-state index in [9.17, 15) is 0 Å². The Morgan fingerprint density at radius 2 is 2.44 bits per heavy atom. The lowest BCUT2D eigenvalue weighted by molar-refractivity contribution is 0.626. The predicted octanol–water partition coefficient (Wildman–Crippen LogP) is 3.23. The van der Waals surface area contributed by atoms with Crippen LogP contribution < -0.4 is 10.6 Å². The minimum Gasteiger partial charge on any atom is -0.379 e. The fourth-order valence-electron chi connectivity index (χ4n) is 1.88. The maximum absolute atomic E-state index is 6.18. The Bertz CT molecular complexity index is 357. The van der Waals surface area contributed by atoms with Crippen LogP contribution in [-0.2, 0) is 0 Å². The molecule has 0 saturated heterocycles. The predicted molar refractivity (Wildman–Crippen MR) is 72.7 cm³/mol. The van der Waals surface area contributed by atoms with E-state index < -0.39 is 0 Å². The average Bonchev–Trinajstić information content (AvgIpc) is 2.30. The monoisotopic (exact) mass is 256 g/mol. The van der Waals surface area contributed by atoms with Gasteiger partial charge in [-0.2, -0.15) is 0 Å². The highest BCUT2D eigenvalue weighted by molar-refractivity contribution is 7.99. The largest absolute Gasteiger partial charge is 0.379 e. The molecule has 0 saturated carbocycles. The van der Waals surface area contributed by atoms with Gasteiger partial charge in [-0.1, -0.05) is 17.7 Å². The number of fused-ring (bicyclic) bond motifs is 1. The molecule has 4 heteroatoms. The zero-order valence-electron chi connectivity index (χ0n) is 9.42. The van der Waals surface area contributed by atoms with E-state index in [0.717, 1.165) is 23.0 Å². The number of thioether (sulfide) groups is 1. The Hall–Kier alpha value is -0.380. The molecule has 0 bridgehead atoms. The van der Waals surface area contributed by atoms with E-state index in [4.69, 9.17) is 11.6 Å². The summed E-state index contributed by atoms with van der Waals surface area (Å²) in [5.74, 6) is 1.14. The molecule has 2 rings (SSSR count). The van der Waals surface area contributed by atoms with Crippen LogP contribution in [0.4, 0.5) is 5.69 Å². The first-order valence-corrected chi connectivity index (χ1v) is 7.00. The Morgan fingerprint density at radius 3 is 3.25 bits per heavy atom. The molecule has 16 heavy (non-hydrogen) atoms. The molecule has 0 fully saturated rings. The first kappa shape index (κ1) is 12.1. The standard InChI is InChI=1S/C12H17ClN2S/c1-14-7-3-4-9-8-16-11-6-2-5-10(13)12(11)15-9/h2,5-6,9,14-15H,3-4,7-8H2,1H3. The number of para-hydroxylation sites is 1. The summed E-state index contributed by atoms with van der Waals surface area (Å²) in [7, 11) is 2.00. The van der Waals surface area contributed by atoms with E-state index in [-0.39, 0.29) is 0 Å². The molecule has 1 aromatic carbocycles. The molecule has 0 aliphatic carbocycles. The van der Waals surface area contributed by atoms with Crippen molar-refractivity contribution >= 4 is 29.1 Å². The molecule has 2 nitrogen and oxygen atoms in total. The van der Waals surface area contributed by atoms with Crippen molar-refractivity contribution in [2.75, 3.05) is 24.7 Å². The van der Waals surface area contributed by atoms with Crippen LogP contribution in [-0.4, -0.2) is 25.4 Å². The summed E-state index contributed by atoms with van der Waals surface area (Å²) < 4.78 is 0. The lowest BCUT2D eigenvalue weighted by Crippen LogP contribution is -2.27. The van der Waals surface area contributed by atoms with Crippen molar-refractivity contribution in [2.45, 2.75) is 23.8 Å². The number of rotatable bonds is 4. The quantitative estimate of drug-likeness (QED) is 0.809. The fraction of sp³-hybridized carbons (Fsp3) is 0.500. The fourth-order valence-corrected chi connectivity index (χ4v) is 3.29. The van der Waals surface area contributed by atoms with Crippen LogP contribution in [0.2, 0.25) is 5.02 Å². The second-order valence-electron chi connectivity index (χ2n) is 4.01. The highest BCUT2D eigenvalue weighted by atomic mass is 35.5. The lowest BCUT2D eigenvalue weighted by Gasteiger charge is -2.27. The van der Waals surface area contributed by atoms with Gasteiger partial charge in [0.2, 0.25) is 0 Å². The second-order valence-corrected chi connectivity index (χ2v) is 5.48. The van der Waals surface area contributed by atoms with Gasteiger partial charge in [-0.25, -0.2) is 0 Å². The van der Waals surface area contributed by atoms with Gasteiger partial charge in [0.15, 0.2) is 0 Å². The van der Waals surface area contributed by atoms with Crippen molar-refractivity contribution in [2.24, 2.45) is 0 Å². The molecule has 0 amide bonds. The highest BCUT2D eigenvalue weighted by Crippen LogP contribution is 2.38. The zero-order valence-corrected chi connectivity index (χ0v) is 11.0. The molecule has 1 atom stereocenters. The molecule has 88 valence electrons. The normalized spacial score (nSPS) is 19.0. The molecule has 1 aliphatic heterocycles. The molecule has 1 aromatic rings. The first-order valence-electron chi connectivity index (χ1n) is 5.63. The van der Waals surface area contributed by atoms with E-state index in [0.29, 0.717) is 6.04 Å². The maximum Gasteiger partial charge on any atom is 0.0670 e. The SMILES string of the molecule is CNCCCC1CSc2cccc(Cl)c2N1. The summed E-state index contributed by atoms with van der Waals surface area (Å²) in [6.45, 7) is 1.08. The smallest absolute Gasteiger partial charge is 0.0670 e. The molecule has 0 aromatic heterocycles. The van der Waals surface area contributed by atoms with Crippen molar-refractivity contribution in [3.05, 3.63) is 23.2 Å². The number of nitrogens with one attached hydrogen (secondary N) is 2. The third-order valence-electron chi connectivity index (χ3n) is 2.74. The molecule has 0 radical (unpaired) electrons. The molecule has 1 heterocycles.